The number of rotatable bonds is 8. The Morgan fingerprint density at radius 2 is 1.38 bits per heavy atom. The van der Waals surface area contributed by atoms with E-state index in [1.165, 1.54) is 12.8 Å². The lowest BCUT2D eigenvalue weighted by molar-refractivity contribution is -0.0190. The third-order valence-electron chi connectivity index (χ3n) is 2.26. The fraction of sp³-hybridized carbons (Fsp3) is 1.00. The van der Waals surface area contributed by atoms with Crippen molar-refractivity contribution in [1.82, 2.24) is 0 Å². The zero-order valence-corrected chi connectivity index (χ0v) is 8.91. The molecule has 0 N–H and O–H groups in total. The highest BCUT2D eigenvalue weighted by Crippen LogP contribution is 2.26. The van der Waals surface area contributed by atoms with Gasteiger partial charge in [0.2, 0.25) is 5.92 Å². The van der Waals surface area contributed by atoms with Gasteiger partial charge in [-0.3, -0.25) is 0 Å². The first kappa shape index (κ1) is 12.9. The summed E-state index contributed by atoms with van der Waals surface area (Å²) < 4.78 is 25.9. The van der Waals surface area contributed by atoms with Gasteiger partial charge in [-0.05, 0) is 6.42 Å². The van der Waals surface area contributed by atoms with Crippen LogP contribution >= 0.6 is 0 Å². The lowest BCUT2D eigenvalue weighted by Crippen LogP contribution is -2.14. The van der Waals surface area contributed by atoms with Crippen LogP contribution in [-0.4, -0.2) is 5.92 Å². The Balaban J connectivity index is 3.29. The summed E-state index contributed by atoms with van der Waals surface area (Å²) in [5.41, 5.74) is 0. The lowest BCUT2D eigenvalue weighted by atomic mass is 10.0. The van der Waals surface area contributed by atoms with Gasteiger partial charge in [0, 0.05) is 12.8 Å². The Kier molecular flexibility index (Phi) is 7.20. The highest BCUT2D eigenvalue weighted by atomic mass is 19.3. The largest absolute Gasteiger partial charge is 0.248 e. The standard InChI is InChI=1S/C11H22F2/c1-3-5-6-7-8-10-11(12,13)9-4-2/h3-10H2,1-2H3. The van der Waals surface area contributed by atoms with Crippen LogP contribution in [0.15, 0.2) is 0 Å². The summed E-state index contributed by atoms with van der Waals surface area (Å²) in [5.74, 6) is -2.40. The van der Waals surface area contributed by atoms with E-state index in [4.69, 9.17) is 0 Å². The smallest absolute Gasteiger partial charge is 0.207 e. The van der Waals surface area contributed by atoms with Crippen LogP contribution in [-0.2, 0) is 0 Å². The molecule has 0 aliphatic carbocycles. The summed E-state index contributed by atoms with van der Waals surface area (Å²) in [7, 11) is 0. The SMILES string of the molecule is CCCCCCCC(F)(F)CCC. The molecule has 0 unspecified atom stereocenters. The topological polar surface area (TPSA) is 0 Å². The van der Waals surface area contributed by atoms with E-state index in [-0.39, 0.29) is 12.8 Å². The molecule has 0 radical (unpaired) electrons. The fourth-order valence-electron chi connectivity index (χ4n) is 1.48. The van der Waals surface area contributed by atoms with Crippen LogP contribution in [0.25, 0.3) is 0 Å². The van der Waals surface area contributed by atoms with Crippen LogP contribution in [0.4, 0.5) is 8.78 Å². The minimum atomic E-state index is -2.40. The van der Waals surface area contributed by atoms with Crippen LogP contribution in [0.1, 0.15) is 65.2 Å². The molecule has 13 heavy (non-hydrogen) atoms. The summed E-state index contributed by atoms with van der Waals surface area (Å²) in [6.07, 6.45) is 5.84. The first-order valence-corrected chi connectivity index (χ1v) is 5.50. The van der Waals surface area contributed by atoms with Crippen molar-refractivity contribution in [2.75, 3.05) is 0 Å². The van der Waals surface area contributed by atoms with Crippen molar-refractivity contribution in [1.29, 1.82) is 0 Å². The zero-order chi connectivity index (χ0) is 10.2. The van der Waals surface area contributed by atoms with E-state index in [1.54, 1.807) is 0 Å². The number of hydrogen-bond donors (Lipinski definition) is 0. The molecule has 0 rings (SSSR count). The molecule has 0 aromatic carbocycles. The number of halogens is 2. The Morgan fingerprint density at radius 1 is 0.769 bits per heavy atom. The molecule has 0 aliphatic rings. The molecule has 0 saturated carbocycles. The molecule has 0 aromatic heterocycles. The molecule has 0 saturated heterocycles. The van der Waals surface area contributed by atoms with Crippen molar-refractivity contribution >= 4 is 0 Å². The highest BCUT2D eigenvalue weighted by molar-refractivity contribution is 4.64. The number of unbranched alkanes of at least 4 members (excludes halogenated alkanes) is 4. The van der Waals surface area contributed by atoms with E-state index in [1.807, 2.05) is 6.92 Å². The van der Waals surface area contributed by atoms with Crippen molar-refractivity contribution in [3.8, 4) is 0 Å². The second kappa shape index (κ2) is 7.28. The van der Waals surface area contributed by atoms with Crippen molar-refractivity contribution in [3.63, 3.8) is 0 Å². The van der Waals surface area contributed by atoms with Gasteiger partial charge in [0.25, 0.3) is 0 Å². The molecule has 0 nitrogen and oxygen atoms in total. The number of hydrogen-bond acceptors (Lipinski definition) is 0. The van der Waals surface area contributed by atoms with Gasteiger partial charge in [-0.25, -0.2) is 8.78 Å². The van der Waals surface area contributed by atoms with E-state index in [0.717, 1.165) is 12.8 Å². The Morgan fingerprint density at radius 3 is 1.92 bits per heavy atom. The Bertz CT molecular complexity index is 111. The van der Waals surface area contributed by atoms with Gasteiger partial charge in [-0.2, -0.15) is 0 Å². The summed E-state index contributed by atoms with van der Waals surface area (Å²) in [6.45, 7) is 3.94. The van der Waals surface area contributed by atoms with E-state index >= 15 is 0 Å². The molecule has 0 aromatic rings. The van der Waals surface area contributed by atoms with Gasteiger partial charge in [0.05, 0.1) is 0 Å². The van der Waals surface area contributed by atoms with Crippen molar-refractivity contribution < 1.29 is 8.78 Å². The average Bonchev–Trinajstić information content (AvgIpc) is 2.04. The minimum absolute atomic E-state index is 0.0563. The van der Waals surface area contributed by atoms with Crippen LogP contribution in [0.5, 0.6) is 0 Å². The van der Waals surface area contributed by atoms with Gasteiger partial charge >= 0.3 is 0 Å². The summed E-state index contributed by atoms with van der Waals surface area (Å²) >= 11 is 0. The molecule has 0 amide bonds. The van der Waals surface area contributed by atoms with Gasteiger partial charge in [0.1, 0.15) is 0 Å². The van der Waals surface area contributed by atoms with Gasteiger partial charge < -0.3 is 0 Å². The predicted octanol–water partition coefficient (Wildman–Crippen LogP) is 4.78. The Hall–Kier alpha value is -0.140. The molecule has 0 spiro atoms. The highest BCUT2D eigenvalue weighted by Gasteiger charge is 2.26. The molecule has 0 aliphatic heterocycles. The average molecular weight is 192 g/mol. The minimum Gasteiger partial charge on any atom is -0.207 e. The maximum absolute atomic E-state index is 12.9. The summed E-state index contributed by atoms with van der Waals surface area (Å²) in [6, 6.07) is 0. The van der Waals surface area contributed by atoms with Crippen molar-refractivity contribution in [2.45, 2.75) is 71.1 Å². The second-order valence-electron chi connectivity index (χ2n) is 3.77. The second-order valence-corrected chi connectivity index (χ2v) is 3.77. The first-order valence-electron chi connectivity index (χ1n) is 5.50. The lowest BCUT2D eigenvalue weighted by Gasteiger charge is -2.14. The zero-order valence-electron chi connectivity index (χ0n) is 8.91. The molecule has 0 heterocycles. The molecule has 0 fully saturated rings. The molecule has 80 valence electrons. The quantitative estimate of drug-likeness (QED) is 0.485. The maximum Gasteiger partial charge on any atom is 0.248 e. The van der Waals surface area contributed by atoms with E-state index in [9.17, 15) is 8.78 Å². The number of alkyl halides is 2. The molecule has 0 atom stereocenters. The van der Waals surface area contributed by atoms with E-state index in [0.29, 0.717) is 12.8 Å². The third kappa shape index (κ3) is 8.20. The van der Waals surface area contributed by atoms with Crippen LogP contribution < -0.4 is 0 Å². The van der Waals surface area contributed by atoms with Gasteiger partial charge in [0.15, 0.2) is 0 Å². The normalized spacial score (nSPS) is 12.0. The van der Waals surface area contributed by atoms with Crippen molar-refractivity contribution in [2.24, 2.45) is 0 Å². The first-order chi connectivity index (χ1) is 6.12. The third-order valence-corrected chi connectivity index (χ3v) is 2.26. The van der Waals surface area contributed by atoms with Crippen LogP contribution in [0, 0.1) is 0 Å². The molecule has 2 heteroatoms. The van der Waals surface area contributed by atoms with Crippen LogP contribution in [0.2, 0.25) is 0 Å². The van der Waals surface area contributed by atoms with E-state index < -0.39 is 5.92 Å². The maximum atomic E-state index is 12.9. The molecular weight excluding hydrogens is 170 g/mol. The van der Waals surface area contributed by atoms with Gasteiger partial charge in [-0.15, -0.1) is 0 Å². The fourth-order valence-corrected chi connectivity index (χ4v) is 1.48. The summed E-state index contributed by atoms with van der Waals surface area (Å²) in [4.78, 5) is 0. The Labute approximate surface area is 80.7 Å². The summed E-state index contributed by atoms with van der Waals surface area (Å²) in [5, 5.41) is 0. The molecule has 0 bridgehead atoms. The monoisotopic (exact) mass is 192 g/mol. The van der Waals surface area contributed by atoms with E-state index in [2.05, 4.69) is 6.92 Å². The van der Waals surface area contributed by atoms with Crippen molar-refractivity contribution in [3.05, 3.63) is 0 Å². The molecular formula is C11H22F2. The van der Waals surface area contributed by atoms with Crippen LogP contribution in [0.3, 0.4) is 0 Å². The predicted molar refractivity (Wildman–Crippen MR) is 53.2 cm³/mol. The van der Waals surface area contributed by atoms with Gasteiger partial charge in [-0.1, -0.05) is 46.0 Å².